The van der Waals surface area contributed by atoms with Crippen molar-refractivity contribution in [1.29, 1.82) is 0 Å². The Labute approximate surface area is 101 Å². The van der Waals surface area contributed by atoms with Crippen LogP contribution in [0.3, 0.4) is 0 Å². The van der Waals surface area contributed by atoms with Crippen molar-refractivity contribution >= 4 is 0 Å². The van der Waals surface area contributed by atoms with Gasteiger partial charge in [0.2, 0.25) is 0 Å². The Bertz CT molecular complexity index is 571. The predicted octanol–water partition coefficient (Wildman–Crippen LogP) is 3.69. The zero-order chi connectivity index (χ0) is 12.6. The Hall–Kier alpha value is -1.96. The van der Waals surface area contributed by atoms with E-state index >= 15 is 0 Å². The molecule has 0 aliphatic rings. The standard InChI is InChI=1S/C15H16O2/c1-9-6-14(11(3)15(17)7-9)13-8-12(16)5-4-10(13)2/h4-8,16-17H,1-3H3. The molecule has 0 bridgehead atoms. The van der Waals surface area contributed by atoms with Gasteiger partial charge in [-0.1, -0.05) is 12.1 Å². The van der Waals surface area contributed by atoms with Gasteiger partial charge in [0.1, 0.15) is 11.5 Å². The van der Waals surface area contributed by atoms with Crippen molar-refractivity contribution in [1.82, 2.24) is 0 Å². The molecule has 2 aromatic rings. The van der Waals surface area contributed by atoms with Gasteiger partial charge >= 0.3 is 0 Å². The molecule has 2 nitrogen and oxygen atoms in total. The van der Waals surface area contributed by atoms with Crippen LogP contribution in [0.15, 0.2) is 30.3 Å². The number of phenols is 2. The minimum absolute atomic E-state index is 0.242. The molecule has 0 amide bonds. The summed E-state index contributed by atoms with van der Waals surface area (Å²) >= 11 is 0. The van der Waals surface area contributed by atoms with Crippen LogP contribution in [0.4, 0.5) is 0 Å². The van der Waals surface area contributed by atoms with Gasteiger partial charge in [-0.05, 0) is 66.8 Å². The van der Waals surface area contributed by atoms with Crippen molar-refractivity contribution in [2.45, 2.75) is 20.8 Å². The Balaban J connectivity index is 2.72. The minimum atomic E-state index is 0.242. The van der Waals surface area contributed by atoms with E-state index in [2.05, 4.69) is 0 Å². The lowest BCUT2D eigenvalue weighted by molar-refractivity contribution is 0.470. The molecule has 17 heavy (non-hydrogen) atoms. The lowest BCUT2D eigenvalue weighted by atomic mass is 9.94. The molecule has 0 heterocycles. The average Bonchev–Trinajstić information content (AvgIpc) is 2.27. The normalized spacial score (nSPS) is 10.5. The van der Waals surface area contributed by atoms with E-state index in [0.717, 1.165) is 27.8 Å². The van der Waals surface area contributed by atoms with E-state index in [9.17, 15) is 10.2 Å². The predicted molar refractivity (Wildman–Crippen MR) is 69.4 cm³/mol. The zero-order valence-corrected chi connectivity index (χ0v) is 10.3. The Kier molecular flexibility index (Phi) is 2.80. The second-order valence-corrected chi connectivity index (χ2v) is 4.46. The van der Waals surface area contributed by atoms with E-state index in [1.807, 2.05) is 32.9 Å². The highest BCUT2D eigenvalue weighted by Crippen LogP contribution is 2.34. The highest BCUT2D eigenvalue weighted by atomic mass is 16.3. The molecule has 0 spiro atoms. The van der Waals surface area contributed by atoms with Gasteiger partial charge in [0, 0.05) is 0 Å². The van der Waals surface area contributed by atoms with E-state index in [4.69, 9.17) is 0 Å². The second kappa shape index (κ2) is 4.13. The summed E-state index contributed by atoms with van der Waals surface area (Å²) in [5, 5.41) is 19.4. The first-order valence-electron chi connectivity index (χ1n) is 5.59. The molecule has 0 saturated carbocycles. The van der Waals surface area contributed by atoms with Gasteiger partial charge in [-0.15, -0.1) is 0 Å². The first-order chi connectivity index (χ1) is 7.99. The first kappa shape index (κ1) is 11.5. The molecule has 2 N–H and O–H groups in total. The molecule has 0 aromatic heterocycles. The van der Waals surface area contributed by atoms with E-state index in [-0.39, 0.29) is 5.75 Å². The molecule has 0 aliphatic heterocycles. The number of aryl methyl sites for hydroxylation is 2. The van der Waals surface area contributed by atoms with Crippen LogP contribution in [0.5, 0.6) is 11.5 Å². The summed E-state index contributed by atoms with van der Waals surface area (Å²) in [7, 11) is 0. The topological polar surface area (TPSA) is 40.5 Å². The summed E-state index contributed by atoms with van der Waals surface area (Å²) in [5.41, 5.74) is 4.85. The molecular weight excluding hydrogens is 212 g/mol. The van der Waals surface area contributed by atoms with E-state index in [0.29, 0.717) is 5.75 Å². The summed E-state index contributed by atoms with van der Waals surface area (Å²) in [6.07, 6.45) is 0. The number of benzene rings is 2. The zero-order valence-electron chi connectivity index (χ0n) is 10.3. The lowest BCUT2D eigenvalue weighted by Crippen LogP contribution is -1.89. The molecule has 2 rings (SSSR count). The third kappa shape index (κ3) is 2.11. The van der Waals surface area contributed by atoms with Gasteiger partial charge in [-0.25, -0.2) is 0 Å². The third-order valence-corrected chi connectivity index (χ3v) is 3.04. The fourth-order valence-electron chi connectivity index (χ4n) is 2.02. The van der Waals surface area contributed by atoms with Crippen LogP contribution in [0.25, 0.3) is 11.1 Å². The van der Waals surface area contributed by atoms with Gasteiger partial charge in [-0.3, -0.25) is 0 Å². The van der Waals surface area contributed by atoms with Crippen LogP contribution in [0.1, 0.15) is 16.7 Å². The fourth-order valence-corrected chi connectivity index (χ4v) is 2.02. The first-order valence-corrected chi connectivity index (χ1v) is 5.59. The maximum Gasteiger partial charge on any atom is 0.119 e. The van der Waals surface area contributed by atoms with E-state index in [1.54, 1.807) is 18.2 Å². The quantitative estimate of drug-likeness (QED) is 0.781. The van der Waals surface area contributed by atoms with Crippen molar-refractivity contribution in [3.05, 3.63) is 47.0 Å². The monoisotopic (exact) mass is 228 g/mol. The Morgan fingerprint density at radius 2 is 1.53 bits per heavy atom. The summed E-state index contributed by atoms with van der Waals surface area (Å²) in [6, 6.07) is 9.05. The molecule has 0 aliphatic carbocycles. The lowest BCUT2D eigenvalue weighted by Gasteiger charge is -2.12. The summed E-state index contributed by atoms with van der Waals surface area (Å²) in [4.78, 5) is 0. The second-order valence-electron chi connectivity index (χ2n) is 4.46. The average molecular weight is 228 g/mol. The minimum Gasteiger partial charge on any atom is -0.508 e. The van der Waals surface area contributed by atoms with Crippen LogP contribution in [0.2, 0.25) is 0 Å². The summed E-state index contributed by atoms with van der Waals surface area (Å²) < 4.78 is 0. The molecular formula is C15H16O2. The summed E-state index contributed by atoms with van der Waals surface area (Å²) in [6.45, 7) is 5.82. The van der Waals surface area contributed by atoms with Crippen LogP contribution in [-0.2, 0) is 0 Å². The maximum atomic E-state index is 9.84. The molecule has 0 unspecified atom stereocenters. The van der Waals surface area contributed by atoms with Crippen LogP contribution in [0, 0.1) is 20.8 Å². The molecule has 0 fully saturated rings. The highest BCUT2D eigenvalue weighted by Gasteiger charge is 2.10. The highest BCUT2D eigenvalue weighted by molar-refractivity contribution is 5.74. The van der Waals surface area contributed by atoms with Crippen molar-refractivity contribution in [3.63, 3.8) is 0 Å². The van der Waals surface area contributed by atoms with E-state index < -0.39 is 0 Å². The van der Waals surface area contributed by atoms with Crippen molar-refractivity contribution in [2.75, 3.05) is 0 Å². The van der Waals surface area contributed by atoms with Gasteiger partial charge in [0.15, 0.2) is 0 Å². The SMILES string of the molecule is Cc1cc(O)c(C)c(-c2cc(O)ccc2C)c1. The molecule has 0 radical (unpaired) electrons. The largest absolute Gasteiger partial charge is 0.508 e. The van der Waals surface area contributed by atoms with Crippen molar-refractivity contribution in [2.24, 2.45) is 0 Å². The fraction of sp³-hybridized carbons (Fsp3) is 0.200. The molecule has 2 heteroatoms. The summed E-state index contributed by atoms with van der Waals surface area (Å²) in [5.74, 6) is 0.536. The number of rotatable bonds is 1. The number of hydrogen-bond donors (Lipinski definition) is 2. The van der Waals surface area contributed by atoms with Crippen LogP contribution >= 0.6 is 0 Å². The van der Waals surface area contributed by atoms with Gasteiger partial charge in [-0.2, -0.15) is 0 Å². The van der Waals surface area contributed by atoms with Crippen LogP contribution < -0.4 is 0 Å². The van der Waals surface area contributed by atoms with Gasteiger partial charge in [0.05, 0.1) is 0 Å². The van der Waals surface area contributed by atoms with E-state index in [1.165, 1.54) is 0 Å². The van der Waals surface area contributed by atoms with Crippen molar-refractivity contribution in [3.8, 4) is 22.6 Å². The smallest absolute Gasteiger partial charge is 0.119 e. The number of hydrogen-bond acceptors (Lipinski definition) is 2. The molecule has 0 atom stereocenters. The van der Waals surface area contributed by atoms with Gasteiger partial charge < -0.3 is 10.2 Å². The Morgan fingerprint density at radius 3 is 2.24 bits per heavy atom. The Morgan fingerprint density at radius 1 is 0.824 bits per heavy atom. The molecule has 2 aromatic carbocycles. The van der Waals surface area contributed by atoms with Gasteiger partial charge in [0.25, 0.3) is 0 Å². The molecule has 0 saturated heterocycles. The number of phenolic OH excluding ortho intramolecular Hbond substituents is 2. The number of aromatic hydroxyl groups is 2. The van der Waals surface area contributed by atoms with Crippen LogP contribution in [-0.4, -0.2) is 10.2 Å². The molecule has 88 valence electrons. The van der Waals surface area contributed by atoms with Crippen molar-refractivity contribution < 1.29 is 10.2 Å². The maximum absolute atomic E-state index is 9.84. The third-order valence-electron chi connectivity index (χ3n) is 3.04.